The van der Waals surface area contributed by atoms with Gasteiger partial charge in [0.25, 0.3) is 0 Å². The summed E-state index contributed by atoms with van der Waals surface area (Å²) in [7, 11) is 2.13. The van der Waals surface area contributed by atoms with E-state index in [9.17, 15) is 0 Å². The van der Waals surface area contributed by atoms with Crippen LogP contribution in [-0.2, 0) is 6.54 Å². The van der Waals surface area contributed by atoms with E-state index in [2.05, 4.69) is 44.4 Å². The van der Waals surface area contributed by atoms with Crippen molar-refractivity contribution >= 4 is 21.9 Å². The molecule has 0 spiro atoms. The van der Waals surface area contributed by atoms with Crippen LogP contribution in [0.25, 0.3) is 0 Å². The number of rotatable bonds is 4. The van der Waals surface area contributed by atoms with E-state index in [0.717, 1.165) is 29.8 Å². The van der Waals surface area contributed by atoms with Gasteiger partial charge in [0, 0.05) is 37.4 Å². The van der Waals surface area contributed by atoms with Crippen LogP contribution in [0.1, 0.15) is 19.8 Å². The van der Waals surface area contributed by atoms with Crippen molar-refractivity contribution in [2.45, 2.75) is 31.1 Å². The van der Waals surface area contributed by atoms with Crippen molar-refractivity contribution in [2.24, 2.45) is 5.92 Å². The quantitative estimate of drug-likeness (QED) is 0.785. The molecule has 4 heteroatoms. The Balaban J connectivity index is 1.92. The van der Waals surface area contributed by atoms with E-state index >= 15 is 0 Å². The molecular formula is C11H18BrN3. The Hall–Kier alpha value is -0.510. The van der Waals surface area contributed by atoms with Crippen LogP contribution in [0.4, 0.5) is 5.95 Å². The van der Waals surface area contributed by atoms with Gasteiger partial charge in [0.05, 0.1) is 0 Å². The van der Waals surface area contributed by atoms with Gasteiger partial charge in [-0.15, -0.1) is 0 Å². The molecule has 1 aliphatic rings. The second-order valence-electron chi connectivity index (χ2n) is 4.33. The molecule has 0 unspecified atom stereocenters. The van der Waals surface area contributed by atoms with Crippen molar-refractivity contribution in [1.29, 1.82) is 0 Å². The molecule has 0 radical (unpaired) electrons. The number of aromatic nitrogens is 2. The number of hydrogen-bond donors (Lipinski definition) is 0. The Morgan fingerprint density at radius 1 is 1.60 bits per heavy atom. The van der Waals surface area contributed by atoms with Crippen LogP contribution in [0, 0.1) is 5.92 Å². The smallest absolute Gasteiger partial charge is 0.205 e. The summed E-state index contributed by atoms with van der Waals surface area (Å²) in [6, 6.07) is 0. The van der Waals surface area contributed by atoms with Gasteiger partial charge in [-0.3, -0.25) is 0 Å². The van der Waals surface area contributed by atoms with E-state index in [4.69, 9.17) is 0 Å². The normalized spacial score (nSPS) is 25.0. The van der Waals surface area contributed by atoms with Gasteiger partial charge in [-0.05, 0) is 25.7 Å². The molecule has 0 amide bonds. The molecule has 1 saturated carbocycles. The predicted molar refractivity (Wildman–Crippen MR) is 66.6 cm³/mol. The zero-order chi connectivity index (χ0) is 10.8. The second kappa shape index (κ2) is 4.56. The molecule has 1 aromatic rings. The highest BCUT2D eigenvalue weighted by atomic mass is 79.9. The van der Waals surface area contributed by atoms with Gasteiger partial charge < -0.3 is 9.47 Å². The minimum absolute atomic E-state index is 0.752. The van der Waals surface area contributed by atoms with Crippen LogP contribution >= 0.6 is 15.9 Å². The van der Waals surface area contributed by atoms with Gasteiger partial charge in [-0.2, -0.15) is 0 Å². The molecule has 0 saturated heterocycles. The number of anilines is 1. The Morgan fingerprint density at radius 3 is 2.93 bits per heavy atom. The number of alkyl halides is 1. The fraction of sp³-hybridized carbons (Fsp3) is 0.727. The molecule has 0 aromatic carbocycles. The lowest BCUT2D eigenvalue weighted by atomic mass is 9.85. The third-order valence-corrected chi connectivity index (χ3v) is 3.83. The molecular weight excluding hydrogens is 254 g/mol. The maximum atomic E-state index is 4.39. The topological polar surface area (TPSA) is 21.1 Å². The lowest BCUT2D eigenvalue weighted by molar-refractivity contribution is 0.337. The van der Waals surface area contributed by atoms with Crippen LogP contribution < -0.4 is 4.90 Å². The maximum absolute atomic E-state index is 4.39. The van der Waals surface area contributed by atoms with Crippen molar-refractivity contribution in [1.82, 2.24) is 9.55 Å². The average Bonchev–Trinajstić information content (AvgIpc) is 2.62. The average molecular weight is 272 g/mol. The summed E-state index contributed by atoms with van der Waals surface area (Å²) >= 11 is 3.63. The minimum Gasteiger partial charge on any atom is -0.345 e. The van der Waals surface area contributed by atoms with E-state index in [-0.39, 0.29) is 0 Å². The molecule has 0 atom stereocenters. The van der Waals surface area contributed by atoms with E-state index in [0.29, 0.717) is 0 Å². The maximum Gasteiger partial charge on any atom is 0.205 e. The highest BCUT2D eigenvalue weighted by Crippen LogP contribution is 2.34. The number of aryl methyl sites for hydroxylation is 1. The second-order valence-corrected chi connectivity index (χ2v) is 5.62. The first-order valence-electron chi connectivity index (χ1n) is 5.57. The fourth-order valence-corrected chi connectivity index (χ4v) is 3.22. The third kappa shape index (κ3) is 2.36. The molecule has 1 aliphatic carbocycles. The van der Waals surface area contributed by atoms with E-state index < -0.39 is 0 Å². The van der Waals surface area contributed by atoms with Gasteiger partial charge >= 0.3 is 0 Å². The van der Waals surface area contributed by atoms with Crippen LogP contribution in [0.5, 0.6) is 0 Å². The summed E-state index contributed by atoms with van der Waals surface area (Å²) in [5.74, 6) is 1.93. The Kier molecular flexibility index (Phi) is 3.34. The Labute approximate surface area is 99.6 Å². The summed E-state index contributed by atoms with van der Waals surface area (Å²) in [5.41, 5.74) is 0. The largest absolute Gasteiger partial charge is 0.345 e. The number of imidazole rings is 1. The molecule has 1 fully saturated rings. The Morgan fingerprint density at radius 2 is 2.33 bits per heavy atom. The molecule has 1 aromatic heterocycles. The van der Waals surface area contributed by atoms with Gasteiger partial charge in [0.2, 0.25) is 5.95 Å². The van der Waals surface area contributed by atoms with Crippen LogP contribution in [-0.4, -0.2) is 28.0 Å². The monoisotopic (exact) mass is 271 g/mol. The van der Waals surface area contributed by atoms with E-state index in [1.807, 2.05) is 12.4 Å². The molecule has 0 bridgehead atoms. The third-order valence-electron chi connectivity index (χ3n) is 3.09. The molecule has 84 valence electrons. The van der Waals surface area contributed by atoms with Crippen molar-refractivity contribution in [3.05, 3.63) is 12.4 Å². The first-order chi connectivity index (χ1) is 7.20. The SMILES string of the molecule is CCn1ccnc1N(C)CC1CC(Br)C1. The van der Waals surface area contributed by atoms with Crippen molar-refractivity contribution in [3.63, 3.8) is 0 Å². The van der Waals surface area contributed by atoms with Gasteiger partial charge in [-0.25, -0.2) is 4.98 Å². The highest BCUT2D eigenvalue weighted by molar-refractivity contribution is 9.09. The summed E-state index contributed by atoms with van der Waals surface area (Å²) in [6.45, 7) is 4.27. The van der Waals surface area contributed by atoms with Crippen LogP contribution in [0.2, 0.25) is 0 Å². The summed E-state index contributed by atoms with van der Waals surface area (Å²) in [4.78, 5) is 7.42. The first kappa shape index (κ1) is 11.0. The van der Waals surface area contributed by atoms with Crippen molar-refractivity contribution < 1.29 is 0 Å². The van der Waals surface area contributed by atoms with Crippen LogP contribution in [0.15, 0.2) is 12.4 Å². The van der Waals surface area contributed by atoms with Gasteiger partial charge in [-0.1, -0.05) is 15.9 Å². The van der Waals surface area contributed by atoms with Crippen molar-refractivity contribution in [2.75, 3.05) is 18.5 Å². The standard InChI is InChI=1S/C11H18BrN3/c1-3-15-5-4-13-11(15)14(2)8-9-6-10(12)7-9/h4-5,9-10H,3,6-8H2,1-2H3. The first-order valence-corrected chi connectivity index (χ1v) is 6.48. The van der Waals surface area contributed by atoms with Gasteiger partial charge in [0.1, 0.15) is 0 Å². The summed E-state index contributed by atoms with van der Waals surface area (Å²) in [6.07, 6.45) is 6.53. The molecule has 0 aliphatic heterocycles. The lowest BCUT2D eigenvalue weighted by Gasteiger charge is -2.34. The highest BCUT2D eigenvalue weighted by Gasteiger charge is 2.28. The Bertz CT molecular complexity index is 317. The molecule has 15 heavy (non-hydrogen) atoms. The number of nitrogens with zero attached hydrogens (tertiary/aromatic N) is 3. The molecule has 1 heterocycles. The number of halogens is 1. The lowest BCUT2D eigenvalue weighted by Crippen LogP contribution is -2.35. The van der Waals surface area contributed by atoms with E-state index in [1.54, 1.807) is 0 Å². The zero-order valence-electron chi connectivity index (χ0n) is 9.36. The molecule has 2 rings (SSSR count). The van der Waals surface area contributed by atoms with E-state index in [1.165, 1.54) is 12.8 Å². The fourth-order valence-electron chi connectivity index (χ4n) is 2.16. The predicted octanol–water partition coefficient (Wildman–Crippen LogP) is 2.51. The summed E-state index contributed by atoms with van der Waals surface area (Å²) in [5, 5.41) is 0. The molecule has 0 N–H and O–H groups in total. The van der Waals surface area contributed by atoms with Crippen LogP contribution in [0.3, 0.4) is 0 Å². The number of hydrogen-bond acceptors (Lipinski definition) is 2. The van der Waals surface area contributed by atoms with Gasteiger partial charge in [0.15, 0.2) is 0 Å². The minimum atomic E-state index is 0.752. The molecule has 3 nitrogen and oxygen atoms in total. The van der Waals surface area contributed by atoms with Crippen molar-refractivity contribution in [3.8, 4) is 0 Å². The zero-order valence-corrected chi connectivity index (χ0v) is 10.9. The summed E-state index contributed by atoms with van der Waals surface area (Å²) < 4.78 is 2.18.